The number of rotatable bonds is 0. The van der Waals surface area contributed by atoms with Gasteiger partial charge in [-0.15, -0.1) is 0 Å². The topological polar surface area (TPSA) is 20.2 Å². The maximum Gasteiger partial charge on any atom is 0.0719 e. The van der Waals surface area contributed by atoms with Crippen LogP contribution in [0.5, 0.6) is 0 Å². The second kappa shape index (κ2) is 3.83. The third-order valence-corrected chi connectivity index (χ3v) is 5.26. The Morgan fingerprint density at radius 3 is 3.00 bits per heavy atom. The fourth-order valence-electron chi connectivity index (χ4n) is 4.30. The first-order chi connectivity index (χ1) is 9.17. The van der Waals surface area contributed by atoms with E-state index in [0.29, 0.717) is 5.92 Å². The van der Waals surface area contributed by atoms with Gasteiger partial charge in [-0.1, -0.05) is 47.6 Å². The molecule has 0 aliphatic heterocycles. The first-order valence-electron chi connectivity index (χ1n) is 7.35. The summed E-state index contributed by atoms with van der Waals surface area (Å²) in [7, 11) is 0. The third kappa shape index (κ3) is 1.58. The van der Waals surface area contributed by atoms with Crippen molar-refractivity contribution in [1.29, 1.82) is 0 Å². The van der Waals surface area contributed by atoms with Gasteiger partial charge in [0.1, 0.15) is 0 Å². The maximum atomic E-state index is 10.7. The summed E-state index contributed by atoms with van der Waals surface area (Å²) in [6.07, 6.45) is 8.66. The van der Waals surface area contributed by atoms with Gasteiger partial charge in [-0.25, -0.2) is 0 Å². The Hall–Kier alpha value is -1.34. The molecule has 3 atom stereocenters. The molecule has 0 radical (unpaired) electrons. The van der Waals surface area contributed by atoms with Crippen molar-refractivity contribution in [2.45, 2.75) is 44.1 Å². The van der Waals surface area contributed by atoms with Crippen molar-refractivity contribution < 1.29 is 5.11 Å². The van der Waals surface area contributed by atoms with E-state index in [1.165, 1.54) is 16.7 Å². The normalized spacial score (nSPS) is 35.9. The molecule has 0 bridgehead atoms. The zero-order valence-corrected chi connectivity index (χ0v) is 11.4. The van der Waals surface area contributed by atoms with Gasteiger partial charge in [0.25, 0.3) is 0 Å². The third-order valence-electron chi connectivity index (χ3n) is 5.26. The SMILES string of the molecule is C[C@]1(O)CCC2C3=C(CC=C[C@@H]31)Cc1ccccc12. The summed E-state index contributed by atoms with van der Waals surface area (Å²) < 4.78 is 0. The van der Waals surface area contributed by atoms with E-state index >= 15 is 0 Å². The van der Waals surface area contributed by atoms with Crippen molar-refractivity contribution in [3.63, 3.8) is 0 Å². The molecule has 98 valence electrons. The smallest absolute Gasteiger partial charge is 0.0719 e. The minimum absolute atomic E-state index is 0.239. The second-order valence-corrected chi connectivity index (χ2v) is 6.49. The molecule has 0 aromatic heterocycles. The molecular formula is C18H20O. The minimum Gasteiger partial charge on any atom is -0.389 e. The average molecular weight is 252 g/mol. The van der Waals surface area contributed by atoms with E-state index in [1.54, 1.807) is 5.57 Å². The van der Waals surface area contributed by atoms with Crippen LogP contribution in [0.1, 0.15) is 43.2 Å². The van der Waals surface area contributed by atoms with Gasteiger partial charge in [0.2, 0.25) is 0 Å². The number of aliphatic hydroxyl groups is 1. The molecule has 0 spiro atoms. The van der Waals surface area contributed by atoms with Crippen LogP contribution >= 0.6 is 0 Å². The molecular weight excluding hydrogens is 232 g/mol. The fraction of sp³-hybridized carbons (Fsp3) is 0.444. The molecule has 0 amide bonds. The van der Waals surface area contributed by atoms with Gasteiger partial charge in [0, 0.05) is 11.8 Å². The molecule has 3 aliphatic rings. The summed E-state index contributed by atoms with van der Waals surface area (Å²) in [5.74, 6) is 0.790. The number of benzene rings is 1. The summed E-state index contributed by atoms with van der Waals surface area (Å²) in [6, 6.07) is 8.88. The van der Waals surface area contributed by atoms with E-state index in [2.05, 4.69) is 36.4 Å². The molecule has 1 unspecified atom stereocenters. The highest BCUT2D eigenvalue weighted by atomic mass is 16.3. The monoisotopic (exact) mass is 252 g/mol. The largest absolute Gasteiger partial charge is 0.389 e. The minimum atomic E-state index is -0.555. The quantitative estimate of drug-likeness (QED) is 0.697. The lowest BCUT2D eigenvalue weighted by molar-refractivity contribution is 0.00283. The van der Waals surface area contributed by atoms with E-state index in [0.717, 1.165) is 25.7 Å². The van der Waals surface area contributed by atoms with E-state index < -0.39 is 5.60 Å². The predicted octanol–water partition coefficient (Wildman–Crippen LogP) is 3.74. The maximum absolute atomic E-state index is 10.7. The number of allylic oxidation sites excluding steroid dienone is 2. The summed E-state index contributed by atoms with van der Waals surface area (Å²) >= 11 is 0. The van der Waals surface area contributed by atoms with Gasteiger partial charge in [-0.2, -0.15) is 0 Å². The molecule has 19 heavy (non-hydrogen) atoms. The Bertz CT molecular complexity index is 591. The summed E-state index contributed by atoms with van der Waals surface area (Å²) in [4.78, 5) is 0. The van der Waals surface area contributed by atoms with Gasteiger partial charge < -0.3 is 5.11 Å². The standard InChI is InChI=1S/C18H20O/c1-18(19)10-9-15-14-7-3-2-5-12(14)11-13-6-4-8-16(18)17(13)15/h2-5,7-8,15-16,19H,6,9-11H2,1H3/t15?,16-,18-/m0/s1. The molecule has 1 heteroatoms. The Kier molecular flexibility index (Phi) is 2.32. The molecule has 0 heterocycles. The van der Waals surface area contributed by atoms with Crippen molar-refractivity contribution in [1.82, 2.24) is 0 Å². The van der Waals surface area contributed by atoms with Gasteiger partial charge in [-0.3, -0.25) is 0 Å². The Balaban J connectivity index is 1.88. The van der Waals surface area contributed by atoms with Crippen molar-refractivity contribution in [2.24, 2.45) is 5.92 Å². The highest BCUT2D eigenvalue weighted by molar-refractivity contribution is 5.50. The number of hydrogen-bond donors (Lipinski definition) is 1. The van der Waals surface area contributed by atoms with Crippen molar-refractivity contribution in [2.75, 3.05) is 0 Å². The van der Waals surface area contributed by atoms with Crippen LogP contribution in [0.25, 0.3) is 0 Å². The Morgan fingerprint density at radius 2 is 2.11 bits per heavy atom. The lowest BCUT2D eigenvalue weighted by Gasteiger charge is -2.47. The van der Waals surface area contributed by atoms with Crippen LogP contribution in [-0.4, -0.2) is 10.7 Å². The van der Waals surface area contributed by atoms with Crippen LogP contribution in [0.4, 0.5) is 0 Å². The van der Waals surface area contributed by atoms with Gasteiger partial charge in [0.15, 0.2) is 0 Å². The highest BCUT2D eigenvalue weighted by Gasteiger charge is 2.44. The van der Waals surface area contributed by atoms with E-state index in [4.69, 9.17) is 0 Å². The molecule has 0 saturated heterocycles. The molecule has 1 saturated carbocycles. The highest BCUT2D eigenvalue weighted by Crippen LogP contribution is 2.53. The van der Waals surface area contributed by atoms with E-state index in [9.17, 15) is 5.11 Å². The first-order valence-corrected chi connectivity index (χ1v) is 7.35. The molecule has 1 nitrogen and oxygen atoms in total. The Labute approximate surface area is 114 Å². The summed E-state index contributed by atoms with van der Waals surface area (Å²) in [5, 5.41) is 10.7. The molecule has 1 aromatic rings. The van der Waals surface area contributed by atoms with Crippen LogP contribution < -0.4 is 0 Å². The van der Waals surface area contributed by atoms with Crippen LogP contribution in [0, 0.1) is 5.92 Å². The number of fused-ring (bicyclic) bond motifs is 2. The molecule has 1 aromatic carbocycles. The fourth-order valence-corrected chi connectivity index (χ4v) is 4.30. The van der Waals surface area contributed by atoms with Gasteiger partial charge in [-0.05, 0) is 43.7 Å². The molecule has 1 N–H and O–H groups in total. The van der Waals surface area contributed by atoms with Crippen molar-refractivity contribution in [3.05, 3.63) is 58.7 Å². The molecule has 3 aliphatic carbocycles. The molecule has 4 rings (SSSR count). The van der Waals surface area contributed by atoms with Crippen LogP contribution in [-0.2, 0) is 6.42 Å². The molecule has 1 fully saturated rings. The zero-order valence-electron chi connectivity index (χ0n) is 11.4. The van der Waals surface area contributed by atoms with E-state index in [-0.39, 0.29) is 5.92 Å². The van der Waals surface area contributed by atoms with Crippen LogP contribution in [0.3, 0.4) is 0 Å². The van der Waals surface area contributed by atoms with Crippen molar-refractivity contribution >= 4 is 0 Å². The van der Waals surface area contributed by atoms with Crippen molar-refractivity contribution in [3.8, 4) is 0 Å². The number of hydrogen-bond acceptors (Lipinski definition) is 1. The van der Waals surface area contributed by atoms with Gasteiger partial charge >= 0.3 is 0 Å². The van der Waals surface area contributed by atoms with Crippen LogP contribution in [0.2, 0.25) is 0 Å². The van der Waals surface area contributed by atoms with Gasteiger partial charge in [0.05, 0.1) is 5.60 Å². The second-order valence-electron chi connectivity index (χ2n) is 6.49. The summed E-state index contributed by atoms with van der Waals surface area (Å²) in [5.41, 5.74) is 5.56. The average Bonchev–Trinajstić information content (AvgIpc) is 2.42. The zero-order chi connectivity index (χ0) is 13.0. The van der Waals surface area contributed by atoms with Crippen LogP contribution in [0.15, 0.2) is 47.6 Å². The Morgan fingerprint density at radius 1 is 1.26 bits per heavy atom. The predicted molar refractivity (Wildman–Crippen MR) is 77.0 cm³/mol. The lowest BCUT2D eigenvalue weighted by atomic mass is 9.60. The van der Waals surface area contributed by atoms with E-state index in [1.807, 2.05) is 6.92 Å². The lowest BCUT2D eigenvalue weighted by Crippen LogP contribution is -2.43. The summed E-state index contributed by atoms with van der Waals surface area (Å²) in [6.45, 7) is 2.01. The first kappa shape index (κ1) is 11.5.